The van der Waals surface area contributed by atoms with Gasteiger partial charge in [-0.15, -0.1) is 0 Å². The lowest BCUT2D eigenvalue weighted by Gasteiger charge is -2.27. The maximum atomic E-state index is 14.8. The predicted octanol–water partition coefficient (Wildman–Crippen LogP) is 5.86. The molecule has 0 atom stereocenters. The Hall–Kier alpha value is -4.51. The average Bonchev–Trinajstić information content (AvgIpc) is 3.34. The summed E-state index contributed by atoms with van der Waals surface area (Å²) in [4.78, 5) is 27.5. The Labute approximate surface area is 221 Å². The molecule has 0 fully saturated rings. The first kappa shape index (κ1) is 26.6. The number of hydrogen-bond acceptors (Lipinski definition) is 5. The number of rotatable bonds is 9. The summed E-state index contributed by atoms with van der Waals surface area (Å²) in [5.74, 6) is -1.42. The minimum atomic E-state index is -0.572. The molecule has 2 amide bonds. The number of para-hydroxylation sites is 1. The summed E-state index contributed by atoms with van der Waals surface area (Å²) < 4.78 is 21.8. The van der Waals surface area contributed by atoms with Crippen LogP contribution in [0.3, 0.4) is 0 Å². The van der Waals surface area contributed by atoms with Crippen LogP contribution >= 0.6 is 0 Å². The van der Waals surface area contributed by atoms with Crippen molar-refractivity contribution < 1.29 is 18.7 Å². The highest BCUT2D eigenvalue weighted by atomic mass is 19.1. The molecule has 0 unspecified atom stereocenters. The predicted molar refractivity (Wildman–Crippen MR) is 143 cm³/mol. The van der Waals surface area contributed by atoms with Gasteiger partial charge in [-0.25, -0.2) is 9.07 Å². The Morgan fingerprint density at radius 2 is 1.84 bits per heavy atom. The van der Waals surface area contributed by atoms with E-state index >= 15 is 0 Å². The molecular formula is C30H29FN4O3. The average molecular weight is 513 g/mol. The minimum Gasteiger partial charge on any atom is -0.491 e. The molecule has 1 aliphatic rings. The van der Waals surface area contributed by atoms with Gasteiger partial charge in [0, 0.05) is 29.4 Å². The Balaban J connectivity index is 1.87. The SMILES string of the molecule is CCCCCN1C(=O)C(C#N)=C(C)/C(=C\c2cn(-c3ccccc3)nc2-c2ccc(OCC)c(F)c2)C1=O. The number of amides is 2. The lowest BCUT2D eigenvalue weighted by Crippen LogP contribution is -2.43. The molecule has 4 rings (SSSR count). The molecular weight excluding hydrogens is 483 g/mol. The van der Waals surface area contributed by atoms with E-state index in [1.807, 2.05) is 43.3 Å². The van der Waals surface area contributed by atoms with Gasteiger partial charge in [-0.05, 0) is 62.2 Å². The fraction of sp³-hybridized carbons (Fsp3) is 0.267. The van der Waals surface area contributed by atoms with Crippen molar-refractivity contribution >= 4 is 17.9 Å². The van der Waals surface area contributed by atoms with E-state index in [1.165, 1.54) is 6.07 Å². The highest BCUT2D eigenvalue weighted by Crippen LogP contribution is 2.32. The van der Waals surface area contributed by atoms with Crippen LogP contribution in [0, 0.1) is 17.1 Å². The number of hydrogen-bond donors (Lipinski definition) is 0. The zero-order valence-electron chi connectivity index (χ0n) is 21.7. The number of ether oxygens (including phenoxy) is 1. The monoisotopic (exact) mass is 512 g/mol. The molecule has 2 heterocycles. The highest BCUT2D eigenvalue weighted by Gasteiger charge is 2.35. The Morgan fingerprint density at radius 1 is 1.08 bits per heavy atom. The number of aromatic nitrogens is 2. The summed E-state index contributed by atoms with van der Waals surface area (Å²) >= 11 is 0. The Bertz CT molecular complexity index is 1460. The standard InChI is InChI=1S/C30H29FN4O3/c1-4-6-10-15-34-29(36)24(20(3)25(18-32)30(34)37)16-22-19-35(23-11-8-7-9-12-23)33-28(22)21-13-14-27(38-5-2)26(31)17-21/h7-9,11-14,16-17,19H,4-6,10,15H2,1-3H3/b24-16+. The van der Waals surface area contributed by atoms with E-state index < -0.39 is 17.6 Å². The fourth-order valence-electron chi connectivity index (χ4n) is 4.36. The van der Waals surface area contributed by atoms with Gasteiger partial charge in [0.2, 0.25) is 0 Å². The van der Waals surface area contributed by atoms with Crippen LogP contribution in [0.5, 0.6) is 5.75 Å². The maximum absolute atomic E-state index is 14.8. The van der Waals surface area contributed by atoms with Crippen molar-refractivity contribution in [1.82, 2.24) is 14.7 Å². The van der Waals surface area contributed by atoms with Crippen molar-refractivity contribution in [3.63, 3.8) is 0 Å². The quantitative estimate of drug-likeness (QED) is 0.204. The van der Waals surface area contributed by atoms with Gasteiger partial charge < -0.3 is 4.74 Å². The summed E-state index contributed by atoms with van der Waals surface area (Å²) in [6.45, 7) is 5.98. The number of nitrogens with zero attached hydrogens (tertiary/aromatic N) is 4. The third kappa shape index (κ3) is 5.28. The molecule has 0 bridgehead atoms. The molecule has 8 heteroatoms. The van der Waals surface area contributed by atoms with Crippen molar-refractivity contribution in [2.45, 2.75) is 40.0 Å². The zero-order valence-corrected chi connectivity index (χ0v) is 21.7. The molecule has 3 aromatic rings. The van der Waals surface area contributed by atoms with E-state index in [-0.39, 0.29) is 23.4 Å². The van der Waals surface area contributed by atoms with Gasteiger partial charge >= 0.3 is 0 Å². The van der Waals surface area contributed by atoms with Gasteiger partial charge in [-0.2, -0.15) is 10.4 Å². The second-order valence-corrected chi connectivity index (χ2v) is 8.93. The third-order valence-corrected chi connectivity index (χ3v) is 6.38. The Morgan fingerprint density at radius 3 is 2.50 bits per heavy atom. The van der Waals surface area contributed by atoms with E-state index in [2.05, 4.69) is 0 Å². The molecule has 0 aliphatic carbocycles. The van der Waals surface area contributed by atoms with Crippen molar-refractivity contribution in [3.05, 3.63) is 82.8 Å². The molecule has 0 radical (unpaired) electrons. The summed E-state index contributed by atoms with van der Waals surface area (Å²) in [7, 11) is 0. The van der Waals surface area contributed by atoms with Gasteiger partial charge in [0.1, 0.15) is 17.3 Å². The first-order valence-corrected chi connectivity index (χ1v) is 12.7. The van der Waals surface area contributed by atoms with Gasteiger partial charge in [0.15, 0.2) is 11.6 Å². The zero-order chi connectivity index (χ0) is 27.2. The maximum Gasteiger partial charge on any atom is 0.271 e. The minimum absolute atomic E-state index is 0.0588. The summed E-state index contributed by atoms with van der Waals surface area (Å²) in [6, 6.07) is 16.0. The molecule has 0 saturated carbocycles. The molecule has 38 heavy (non-hydrogen) atoms. The Kier molecular flexibility index (Phi) is 8.17. The molecule has 2 aromatic carbocycles. The molecule has 1 aliphatic heterocycles. The van der Waals surface area contributed by atoms with Crippen molar-refractivity contribution in [2.75, 3.05) is 13.2 Å². The smallest absolute Gasteiger partial charge is 0.271 e. The van der Waals surface area contributed by atoms with E-state index in [9.17, 15) is 19.2 Å². The summed E-state index contributed by atoms with van der Waals surface area (Å²) in [6.07, 6.45) is 5.82. The first-order chi connectivity index (χ1) is 18.4. The molecule has 0 spiro atoms. The van der Waals surface area contributed by atoms with Crippen LogP contribution < -0.4 is 4.74 Å². The molecule has 194 valence electrons. The highest BCUT2D eigenvalue weighted by molar-refractivity contribution is 6.19. The van der Waals surface area contributed by atoms with Gasteiger partial charge in [-0.1, -0.05) is 38.0 Å². The van der Waals surface area contributed by atoms with Gasteiger partial charge in [0.25, 0.3) is 11.8 Å². The number of benzene rings is 2. The van der Waals surface area contributed by atoms with Gasteiger partial charge in [0.05, 0.1) is 12.3 Å². The van der Waals surface area contributed by atoms with Crippen molar-refractivity contribution in [1.29, 1.82) is 5.26 Å². The van der Waals surface area contributed by atoms with E-state index in [0.717, 1.165) is 23.4 Å². The van der Waals surface area contributed by atoms with Crippen LogP contribution in [0.4, 0.5) is 4.39 Å². The topological polar surface area (TPSA) is 88.2 Å². The number of imide groups is 1. The lowest BCUT2D eigenvalue weighted by atomic mass is 9.93. The van der Waals surface area contributed by atoms with Gasteiger partial charge in [-0.3, -0.25) is 14.5 Å². The molecule has 7 nitrogen and oxygen atoms in total. The number of unbranched alkanes of at least 4 members (excludes halogenated alkanes) is 2. The normalized spacial score (nSPS) is 14.8. The van der Waals surface area contributed by atoms with E-state index in [1.54, 1.807) is 42.9 Å². The van der Waals surface area contributed by atoms with Crippen LogP contribution in [0.2, 0.25) is 0 Å². The van der Waals surface area contributed by atoms with E-state index in [4.69, 9.17) is 9.84 Å². The second-order valence-electron chi connectivity index (χ2n) is 8.93. The second kappa shape index (κ2) is 11.7. The third-order valence-electron chi connectivity index (χ3n) is 6.38. The van der Waals surface area contributed by atoms with Crippen LogP contribution in [-0.2, 0) is 9.59 Å². The first-order valence-electron chi connectivity index (χ1n) is 12.7. The number of carbonyl (C=O) groups excluding carboxylic acids is 2. The fourth-order valence-corrected chi connectivity index (χ4v) is 4.36. The molecule has 1 aromatic heterocycles. The number of nitriles is 1. The number of halogens is 1. The summed E-state index contributed by atoms with van der Waals surface area (Å²) in [5.41, 5.74) is 2.74. The van der Waals surface area contributed by atoms with Crippen LogP contribution in [-0.4, -0.2) is 39.6 Å². The lowest BCUT2D eigenvalue weighted by molar-refractivity contribution is -0.140. The van der Waals surface area contributed by atoms with Crippen LogP contribution in [0.1, 0.15) is 45.6 Å². The van der Waals surface area contributed by atoms with Crippen LogP contribution in [0.15, 0.2) is 71.4 Å². The van der Waals surface area contributed by atoms with Crippen LogP contribution in [0.25, 0.3) is 23.0 Å². The molecule has 0 saturated heterocycles. The van der Waals surface area contributed by atoms with Crippen molar-refractivity contribution in [3.8, 4) is 28.8 Å². The number of carbonyl (C=O) groups is 2. The summed E-state index contributed by atoms with van der Waals surface area (Å²) in [5, 5.41) is 14.4. The van der Waals surface area contributed by atoms with E-state index in [0.29, 0.717) is 35.4 Å². The molecule has 0 N–H and O–H groups in total. The largest absolute Gasteiger partial charge is 0.491 e. The van der Waals surface area contributed by atoms with Crippen molar-refractivity contribution in [2.24, 2.45) is 0 Å².